The topological polar surface area (TPSA) is 84.3 Å². The van der Waals surface area contributed by atoms with E-state index in [9.17, 15) is 13.2 Å². The summed E-state index contributed by atoms with van der Waals surface area (Å²) in [6.07, 6.45) is 1.85. The maximum atomic E-state index is 10.6. The second-order valence-electron chi connectivity index (χ2n) is 6.34. The number of ether oxygens (including phenoxy) is 1. The van der Waals surface area contributed by atoms with Gasteiger partial charge >= 0.3 is 12.1 Å². The number of aliphatic carboxylic acids is 1. The number of carboxylic acids is 1. The van der Waals surface area contributed by atoms with Crippen molar-refractivity contribution in [3.05, 3.63) is 53.0 Å². The lowest BCUT2D eigenvalue weighted by atomic mass is 9.86. The molecule has 0 saturated heterocycles. The molecule has 6 nitrogen and oxygen atoms in total. The number of rotatable bonds is 4. The first-order valence-electron chi connectivity index (χ1n) is 8.69. The van der Waals surface area contributed by atoms with E-state index in [0.717, 1.165) is 5.69 Å². The van der Waals surface area contributed by atoms with Crippen LogP contribution in [0.25, 0.3) is 0 Å². The summed E-state index contributed by atoms with van der Waals surface area (Å²) in [5.74, 6) is -2.15. The van der Waals surface area contributed by atoms with Crippen LogP contribution in [0.15, 0.2) is 30.6 Å². The Morgan fingerprint density at radius 2 is 2.00 bits per heavy atom. The van der Waals surface area contributed by atoms with Crippen LogP contribution in [0.3, 0.4) is 0 Å². The van der Waals surface area contributed by atoms with E-state index in [1.165, 1.54) is 36.0 Å². The Balaban J connectivity index is 0.000000345. The highest BCUT2D eigenvalue weighted by molar-refractivity contribution is 5.73. The molecule has 2 N–H and O–H groups in total. The van der Waals surface area contributed by atoms with E-state index in [1.807, 2.05) is 0 Å². The number of nitrogens with zero attached hydrogens (tertiary/aromatic N) is 2. The van der Waals surface area contributed by atoms with E-state index in [2.05, 4.69) is 40.4 Å². The predicted molar refractivity (Wildman–Crippen MR) is 96.0 cm³/mol. The highest BCUT2D eigenvalue weighted by atomic mass is 19.4. The second kappa shape index (κ2) is 9.50. The third-order valence-electron chi connectivity index (χ3n) is 4.30. The number of nitrogens with one attached hydrogen (secondary N) is 1. The zero-order valence-corrected chi connectivity index (χ0v) is 15.6. The number of halogens is 3. The summed E-state index contributed by atoms with van der Waals surface area (Å²) in [4.78, 5) is 17.4. The lowest BCUT2D eigenvalue weighted by Gasteiger charge is -2.27. The van der Waals surface area contributed by atoms with Crippen LogP contribution in [0.2, 0.25) is 0 Å². The van der Waals surface area contributed by atoms with E-state index in [0.29, 0.717) is 18.5 Å². The molecule has 3 rings (SSSR count). The first kappa shape index (κ1) is 21.6. The van der Waals surface area contributed by atoms with E-state index in [4.69, 9.17) is 14.6 Å². The molecule has 2 aromatic rings. The lowest BCUT2D eigenvalue weighted by molar-refractivity contribution is -0.192. The molecule has 1 atom stereocenters. The van der Waals surface area contributed by atoms with Crippen LogP contribution in [0.1, 0.15) is 41.3 Å². The molecule has 0 bridgehead atoms. The van der Waals surface area contributed by atoms with Crippen molar-refractivity contribution in [3.8, 4) is 5.88 Å². The number of alkyl halides is 3. The van der Waals surface area contributed by atoms with Gasteiger partial charge in [-0.05, 0) is 37.3 Å². The number of carboxylic acid groups (broad SMARTS) is 1. The molecule has 0 radical (unpaired) electrons. The largest absolute Gasteiger partial charge is 0.490 e. The fraction of sp³-hybridized carbons (Fsp3) is 0.421. The summed E-state index contributed by atoms with van der Waals surface area (Å²) in [6.45, 7) is 2.83. The maximum Gasteiger partial charge on any atom is 0.490 e. The van der Waals surface area contributed by atoms with Gasteiger partial charge in [0.15, 0.2) is 0 Å². The summed E-state index contributed by atoms with van der Waals surface area (Å²) in [7, 11) is 1.63. The number of hydrogen-bond acceptors (Lipinski definition) is 5. The fourth-order valence-electron chi connectivity index (χ4n) is 3.00. The van der Waals surface area contributed by atoms with E-state index >= 15 is 0 Å². The second-order valence-corrected chi connectivity index (χ2v) is 6.34. The summed E-state index contributed by atoms with van der Waals surface area (Å²) in [6, 6.07) is 7.16. The van der Waals surface area contributed by atoms with Gasteiger partial charge in [-0.3, -0.25) is 4.98 Å². The number of benzene rings is 1. The monoisotopic (exact) mass is 397 g/mol. The zero-order chi connectivity index (χ0) is 20.7. The molecule has 1 aliphatic rings. The molecule has 1 aromatic carbocycles. The summed E-state index contributed by atoms with van der Waals surface area (Å²) in [5.41, 5.74) is 5.08. The fourth-order valence-corrected chi connectivity index (χ4v) is 3.00. The summed E-state index contributed by atoms with van der Waals surface area (Å²) >= 11 is 0. The third kappa shape index (κ3) is 5.91. The summed E-state index contributed by atoms with van der Waals surface area (Å²) in [5, 5.41) is 10.7. The SMILES string of the molecule is COc1nccnc1CN[C@@H]1CCCc2ccc(C)cc21.O=C(O)C(F)(F)F. The molecule has 152 valence electrons. The Morgan fingerprint density at radius 3 is 2.64 bits per heavy atom. The minimum Gasteiger partial charge on any atom is -0.480 e. The molecule has 0 unspecified atom stereocenters. The van der Waals surface area contributed by atoms with Gasteiger partial charge < -0.3 is 15.2 Å². The number of carbonyl (C=O) groups is 1. The standard InChI is InChI=1S/C17H21N3O.C2HF3O2/c1-12-6-7-13-4-3-5-15(14(13)10-12)20-11-16-17(21-2)19-9-8-18-16;3-2(4,5)1(6)7/h6-10,15,20H,3-5,11H2,1-2H3;(H,6,7)/t15-;/m1./s1. The molecule has 0 aliphatic heterocycles. The van der Waals surface area contributed by atoms with Crippen LogP contribution in [0.5, 0.6) is 5.88 Å². The smallest absolute Gasteiger partial charge is 0.480 e. The molecule has 28 heavy (non-hydrogen) atoms. The minimum absolute atomic E-state index is 0.389. The zero-order valence-electron chi connectivity index (χ0n) is 15.6. The van der Waals surface area contributed by atoms with Gasteiger partial charge in [0.1, 0.15) is 5.69 Å². The molecular formula is C19H22F3N3O3. The number of aryl methyl sites for hydroxylation is 2. The minimum atomic E-state index is -5.08. The molecule has 0 saturated carbocycles. The van der Waals surface area contributed by atoms with Gasteiger partial charge in [-0.25, -0.2) is 9.78 Å². The van der Waals surface area contributed by atoms with Gasteiger partial charge in [-0.15, -0.1) is 0 Å². The molecule has 0 amide bonds. The van der Waals surface area contributed by atoms with Crippen molar-refractivity contribution in [2.24, 2.45) is 0 Å². The molecular weight excluding hydrogens is 375 g/mol. The number of aromatic nitrogens is 2. The Kier molecular flexibility index (Phi) is 7.33. The lowest BCUT2D eigenvalue weighted by Crippen LogP contribution is -2.25. The van der Waals surface area contributed by atoms with Crippen LogP contribution < -0.4 is 10.1 Å². The van der Waals surface area contributed by atoms with Crippen molar-refractivity contribution >= 4 is 5.97 Å². The normalized spacial score (nSPS) is 15.8. The van der Waals surface area contributed by atoms with Crippen molar-refractivity contribution in [1.29, 1.82) is 0 Å². The third-order valence-corrected chi connectivity index (χ3v) is 4.30. The average molecular weight is 397 g/mol. The highest BCUT2D eigenvalue weighted by Crippen LogP contribution is 2.30. The Bertz CT molecular complexity index is 812. The van der Waals surface area contributed by atoms with E-state index in [-0.39, 0.29) is 0 Å². The van der Waals surface area contributed by atoms with Crippen LogP contribution >= 0.6 is 0 Å². The van der Waals surface area contributed by atoms with Crippen LogP contribution in [0.4, 0.5) is 13.2 Å². The van der Waals surface area contributed by atoms with Crippen molar-refractivity contribution < 1.29 is 27.8 Å². The number of fused-ring (bicyclic) bond motifs is 1. The Morgan fingerprint density at radius 1 is 1.32 bits per heavy atom. The van der Waals surface area contributed by atoms with Gasteiger partial charge in [0.05, 0.1) is 7.11 Å². The first-order chi connectivity index (χ1) is 13.2. The molecule has 9 heteroatoms. The van der Waals surface area contributed by atoms with Gasteiger partial charge in [0.25, 0.3) is 0 Å². The number of methoxy groups -OCH3 is 1. The molecule has 1 aliphatic carbocycles. The maximum absolute atomic E-state index is 10.6. The molecule has 0 fully saturated rings. The van der Waals surface area contributed by atoms with Crippen LogP contribution in [-0.4, -0.2) is 34.3 Å². The summed E-state index contributed by atoms with van der Waals surface area (Å²) < 4.78 is 37.0. The predicted octanol–water partition coefficient (Wildman–Crippen LogP) is 3.59. The number of hydrogen-bond donors (Lipinski definition) is 2. The van der Waals surface area contributed by atoms with Crippen molar-refractivity contribution in [3.63, 3.8) is 0 Å². The first-order valence-corrected chi connectivity index (χ1v) is 8.69. The molecule has 0 spiro atoms. The Hall–Kier alpha value is -2.68. The quantitative estimate of drug-likeness (QED) is 0.820. The van der Waals surface area contributed by atoms with Gasteiger partial charge in [-0.2, -0.15) is 13.2 Å². The molecule has 1 heterocycles. The van der Waals surface area contributed by atoms with Crippen LogP contribution in [0, 0.1) is 6.92 Å². The van der Waals surface area contributed by atoms with Crippen molar-refractivity contribution in [2.75, 3.05) is 7.11 Å². The Labute approximate surface area is 160 Å². The molecule has 1 aromatic heterocycles. The average Bonchev–Trinajstić information content (AvgIpc) is 2.66. The van der Waals surface area contributed by atoms with Crippen LogP contribution in [-0.2, 0) is 17.8 Å². The van der Waals surface area contributed by atoms with Gasteiger partial charge in [0.2, 0.25) is 5.88 Å². The van der Waals surface area contributed by atoms with Gasteiger partial charge in [0, 0.05) is 25.0 Å². The van der Waals surface area contributed by atoms with Crippen molar-refractivity contribution in [1.82, 2.24) is 15.3 Å². The van der Waals surface area contributed by atoms with E-state index < -0.39 is 12.1 Å². The highest BCUT2D eigenvalue weighted by Gasteiger charge is 2.38. The van der Waals surface area contributed by atoms with E-state index in [1.54, 1.807) is 19.5 Å². The van der Waals surface area contributed by atoms with Crippen molar-refractivity contribution in [2.45, 2.75) is 44.9 Å². The van der Waals surface area contributed by atoms with Gasteiger partial charge in [-0.1, -0.05) is 23.8 Å².